The number of pyridine rings is 6. The van der Waals surface area contributed by atoms with Crippen molar-refractivity contribution in [2.24, 2.45) is 0 Å². The molecular formula is C48H42F12Fe2N8O3P2+2. The first-order valence-corrected chi connectivity index (χ1v) is 25.1. The zero-order chi connectivity index (χ0) is 52.6. The Hall–Kier alpha value is -6.12. The summed E-state index contributed by atoms with van der Waals surface area (Å²) < 4.78 is 118. The third-order valence-electron chi connectivity index (χ3n) is 9.48. The summed E-state index contributed by atoms with van der Waals surface area (Å²) in [7, 11) is -21.3. The molecule has 0 saturated carbocycles. The average Bonchev–Trinajstić information content (AvgIpc) is 3.31. The third-order valence-corrected chi connectivity index (χ3v) is 9.48. The Morgan fingerprint density at radius 1 is 0.333 bits per heavy atom. The maximum atomic E-state index is 12.4. The fraction of sp³-hybridized carbons (Fsp3) is 0.125. The number of para-hydroxylation sites is 2. The number of hydrogen-bond donors (Lipinski definition) is 0. The largest absolute Gasteiger partial charge is 4.00 e. The summed E-state index contributed by atoms with van der Waals surface area (Å²) in [6, 6.07) is 49.0. The van der Waals surface area contributed by atoms with Gasteiger partial charge in [-0.05, 0) is 83.9 Å². The Labute approximate surface area is 443 Å². The molecule has 0 aliphatic rings. The molecule has 2 aromatic carbocycles. The Balaban J connectivity index is 0.000000397. The van der Waals surface area contributed by atoms with Crippen LogP contribution in [0, 0.1) is 0 Å². The molecule has 0 fully saturated rings. The molecule has 0 spiro atoms. The zero-order valence-corrected chi connectivity index (χ0v) is 42.4. The molecular weight excluding hydrogens is 1140 g/mol. The van der Waals surface area contributed by atoms with Gasteiger partial charge < -0.3 is 15.7 Å². The molecule has 8 aromatic rings. The summed E-state index contributed by atoms with van der Waals surface area (Å²) in [6.07, 6.45) is 10.7. The van der Waals surface area contributed by atoms with E-state index in [4.69, 9.17) is 0 Å². The molecule has 11 nitrogen and oxygen atoms in total. The zero-order valence-electron chi connectivity index (χ0n) is 38.4. The van der Waals surface area contributed by atoms with Crippen molar-refractivity contribution in [1.82, 2.24) is 39.7 Å². The van der Waals surface area contributed by atoms with Crippen LogP contribution in [0.25, 0.3) is 0 Å². The van der Waals surface area contributed by atoms with Crippen LogP contribution >= 0.6 is 15.6 Å². The summed E-state index contributed by atoms with van der Waals surface area (Å²) in [5.74, 6) is 0.0543. The molecule has 0 saturated heterocycles. The molecule has 0 amide bonds. The van der Waals surface area contributed by atoms with Crippen molar-refractivity contribution in [3.8, 4) is 11.5 Å². The van der Waals surface area contributed by atoms with E-state index in [1.165, 1.54) is 0 Å². The fourth-order valence-corrected chi connectivity index (χ4v) is 6.79. The second kappa shape index (κ2) is 26.1. The van der Waals surface area contributed by atoms with Crippen LogP contribution in [0.3, 0.4) is 0 Å². The van der Waals surface area contributed by atoms with Gasteiger partial charge in [-0.15, -0.1) is 11.5 Å². The topological polar surface area (TPSA) is 158 Å². The Kier molecular flexibility index (Phi) is 22.6. The molecule has 0 unspecified atom stereocenters. The molecule has 8 rings (SSSR count). The smallest absolute Gasteiger partial charge is 2.00 e. The monoisotopic (exact) mass is 1180 g/mol. The number of hydrogen-bond acceptors (Lipinski definition) is 10. The minimum atomic E-state index is -10.7. The molecule has 0 N–H and O–H groups in total. The Morgan fingerprint density at radius 3 is 0.773 bits per heavy atom. The van der Waals surface area contributed by atoms with E-state index in [1.54, 1.807) is 61.4 Å². The van der Waals surface area contributed by atoms with Gasteiger partial charge >= 0.3 is 100 Å². The second-order valence-electron chi connectivity index (χ2n) is 15.4. The minimum absolute atomic E-state index is 0. The maximum Gasteiger partial charge on any atom is 4.00 e. The molecule has 0 aliphatic carbocycles. The number of nitrogens with zero attached hydrogens (tertiary/aromatic N) is 8. The Bertz CT molecular complexity index is 2620. The molecule has 75 heavy (non-hydrogen) atoms. The number of rotatable bonds is 14. The van der Waals surface area contributed by atoms with Crippen LogP contribution < -0.4 is 10.2 Å². The van der Waals surface area contributed by atoms with Crippen LogP contribution in [0.1, 0.15) is 57.4 Å². The van der Waals surface area contributed by atoms with Crippen molar-refractivity contribution in [3.63, 3.8) is 0 Å². The van der Waals surface area contributed by atoms with Gasteiger partial charge in [0.15, 0.2) is 0 Å². The van der Waals surface area contributed by atoms with Crippen LogP contribution in [0.5, 0.6) is 11.5 Å². The van der Waals surface area contributed by atoms with Crippen molar-refractivity contribution in [3.05, 3.63) is 240 Å². The van der Waals surface area contributed by atoms with Gasteiger partial charge in [0.2, 0.25) is 0 Å². The fourth-order valence-electron chi connectivity index (χ4n) is 6.79. The molecule has 0 aliphatic heterocycles. The van der Waals surface area contributed by atoms with E-state index in [0.29, 0.717) is 26.2 Å². The van der Waals surface area contributed by atoms with Crippen LogP contribution in [-0.2, 0) is 65.8 Å². The van der Waals surface area contributed by atoms with E-state index in [1.807, 2.05) is 133 Å². The van der Waals surface area contributed by atoms with Crippen molar-refractivity contribution < 1.29 is 100 Å². The number of benzene rings is 2. The first kappa shape index (κ1) is 65.0. The summed E-state index contributed by atoms with van der Waals surface area (Å²) >= 11 is 0. The first-order chi connectivity index (χ1) is 33.5. The van der Waals surface area contributed by atoms with E-state index < -0.39 is 15.6 Å². The first-order valence-electron chi connectivity index (χ1n) is 21.1. The van der Waals surface area contributed by atoms with Gasteiger partial charge in [-0.3, -0.25) is 39.7 Å². The van der Waals surface area contributed by atoms with Crippen LogP contribution in [0.4, 0.5) is 50.4 Å². The van der Waals surface area contributed by atoms with Crippen molar-refractivity contribution >= 4 is 15.6 Å². The average molecular weight is 1180 g/mol. The second-order valence-corrected chi connectivity index (χ2v) is 19.2. The van der Waals surface area contributed by atoms with Crippen molar-refractivity contribution in [2.45, 2.75) is 38.3 Å². The predicted octanol–water partition coefficient (Wildman–Crippen LogP) is 14.1. The van der Waals surface area contributed by atoms with Crippen molar-refractivity contribution in [1.29, 1.82) is 0 Å². The van der Waals surface area contributed by atoms with Gasteiger partial charge in [-0.1, -0.05) is 84.9 Å². The number of halogens is 12. The summed E-state index contributed by atoms with van der Waals surface area (Å²) in [5, 5.41) is 24.9. The van der Waals surface area contributed by atoms with Crippen LogP contribution in [0.15, 0.2) is 195 Å². The summed E-state index contributed by atoms with van der Waals surface area (Å²) in [6.45, 7) is 2.06. The van der Waals surface area contributed by atoms with Gasteiger partial charge in [0.1, 0.15) is 0 Å². The van der Waals surface area contributed by atoms with Gasteiger partial charge in [0.05, 0.1) is 46.2 Å². The Morgan fingerprint density at radius 2 is 0.560 bits per heavy atom. The minimum Gasteiger partial charge on any atom is -2.00 e. The van der Waals surface area contributed by atoms with E-state index in [-0.39, 0.29) is 63.2 Å². The molecule has 400 valence electrons. The van der Waals surface area contributed by atoms with Gasteiger partial charge in [0.25, 0.3) is 0 Å². The number of aromatic nitrogens is 6. The summed E-state index contributed by atoms with van der Waals surface area (Å²) in [5.41, 5.74) is 6.84. The molecule has 6 aromatic heterocycles. The standard InChI is InChI=1S/2C24H22N4O.2F6P.2Fe.O/c2*29-23-13-2-1-9-19(23)17-28(18-20-10-3-6-14-25-20)24(21-11-4-7-15-26-21)22-12-5-8-16-27-22;2*1-7(2,3,4,5)6;;;/h2*1-16,24,29H,17-18H2;;;;;/q;;2*-1;2*+4;-2/p-2. The van der Waals surface area contributed by atoms with E-state index >= 15 is 0 Å². The van der Waals surface area contributed by atoms with Crippen LogP contribution in [0.2, 0.25) is 0 Å². The van der Waals surface area contributed by atoms with E-state index in [2.05, 4.69) is 39.7 Å². The third kappa shape index (κ3) is 27.3. The van der Waals surface area contributed by atoms with E-state index in [9.17, 15) is 60.6 Å². The quantitative estimate of drug-likeness (QED) is 0.0583. The SMILES string of the molecule is F[P-](F)(F)(F)(F)F.F[P-](F)(F)(F)(F)F.[Fe+4].[Fe+4].[O-2].[O-]c1ccccc1CN(Cc1ccccn1)C(c1ccccn1)c1ccccn1.[O-]c1ccccc1CN(Cc1ccccn1)C(c1ccccn1)c1ccccn1. The molecule has 0 radical (unpaired) electrons. The van der Waals surface area contributed by atoms with Gasteiger partial charge in [0, 0.05) is 63.4 Å². The molecule has 0 atom stereocenters. The van der Waals surface area contributed by atoms with Gasteiger partial charge in [-0.2, -0.15) is 0 Å². The molecule has 0 bridgehead atoms. The van der Waals surface area contributed by atoms with E-state index in [0.717, 1.165) is 45.3 Å². The van der Waals surface area contributed by atoms with Gasteiger partial charge in [-0.25, -0.2) is 0 Å². The maximum absolute atomic E-state index is 12.4. The molecule has 27 heteroatoms. The van der Waals surface area contributed by atoms with Crippen molar-refractivity contribution in [2.75, 3.05) is 0 Å². The predicted molar refractivity (Wildman–Crippen MR) is 247 cm³/mol. The van der Waals surface area contributed by atoms with Crippen LogP contribution in [-0.4, -0.2) is 39.7 Å². The normalized spacial score (nSPS) is 12.9. The molecule has 6 heterocycles. The summed E-state index contributed by atoms with van der Waals surface area (Å²) in [4.78, 5) is 31.8.